The highest BCUT2D eigenvalue weighted by atomic mass is 32.2. The van der Waals surface area contributed by atoms with Crippen LogP contribution in [0.2, 0.25) is 0 Å². The first-order chi connectivity index (χ1) is 19.5. The van der Waals surface area contributed by atoms with Gasteiger partial charge in [-0.25, -0.2) is 0 Å². The van der Waals surface area contributed by atoms with Crippen molar-refractivity contribution in [1.29, 1.82) is 0 Å². The summed E-state index contributed by atoms with van der Waals surface area (Å²) in [6.45, 7) is -0.0172. The monoisotopic (exact) mass is 630 g/mol. The summed E-state index contributed by atoms with van der Waals surface area (Å²) >= 11 is 0. The van der Waals surface area contributed by atoms with E-state index in [-0.39, 0.29) is 17.6 Å². The van der Waals surface area contributed by atoms with Gasteiger partial charge >= 0.3 is 0 Å². The average molecular weight is 631 g/mol. The van der Waals surface area contributed by atoms with E-state index in [2.05, 4.69) is 0 Å². The first kappa shape index (κ1) is 31.5. The maximum atomic E-state index is 12.1. The molecule has 0 bridgehead atoms. The molecular weight excluding hydrogens is 596 g/mol. The molecule has 216 valence electrons. The van der Waals surface area contributed by atoms with Gasteiger partial charge in [-0.2, -0.15) is 16.8 Å². The molecule has 11 heteroatoms. The number of quaternary nitrogens is 1. The zero-order valence-electron chi connectivity index (χ0n) is 22.5. The van der Waals surface area contributed by atoms with Crippen LogP contribution in [0.15, 0.2) is 121 Å². The molecule has 4 aromatic rings. The smallest absolute Gasteiger partial charge is 0.270 e. The molecular formula is C30H34NO6P2S2+. The summed E-state index contributed by atoms with van der Waals surface area (Å²) in [6, 6.07) is 39.7. The number of benzene rings is 4. The second kappa shape index (κ2) is 14.1. The van der Waals surface area contributed by atoms with E-state index in [4.69, 9.17) is 0 Å². The molecule has 0 aromatic heterocycles. The van der Waals surface area contributed by atoms with Crippen molar-refractivity contribution in [3.05, 3.63) is 121 Å². The van der Waals surface area contributed by atoms with Gasteiger partial charge in [0, 0.05) is 15.8 Å². The Morgan fingerprint density at radius 2 is 0.707 bits per heavy atom. The molecule has 0 amide bonds. The van der Waals surface area contributed by atoms with Crippen molar-refractivity contribution in [2.24, 2.45) is 0 Å². The molecule has 0 atom stereocenters. The van der Waals surface area contributed by atoms with Gasteiger partial charge in [0.05, 0.1) is 13.1 Å². The molecule has 0 aliphatic carbocycles. The second-order valence-corrected chi connectivity index (χ2v) is 17.3. The molecule has 0 radical (unpaired) electrons. The first-order valence-corrected chi connectivity index (χ1v) is 19.3. The van der Waals surface area contributed by atoms with Crippen molar-refractivity contribution < 1.29 is 30.4 Å². The Morgan fingerprint density at radius 1 is 0.463 bits per heavy atom. The summed E-state index contributed by atoms with van der Waals surface area (Å²) in [5, 5.41) is 4.27. The van der Waals surface area contributed by atoms with Crippen molar-refractivity contribution in [2.45, 2.75) is 0 Å². The molecule has 4 aromatic carbocycles. The summed E-state index contributed by atoms with van der Waals surface area (Å²) in [6.07, 6.45) is 0.847. The molecule has 0 unspecified atom stereocenters. The molecule has 0 saturated carbocycles. The quantitative estimate of drug-likeness (QED) is 0.125. The molecule has 0 heterocycles. The Kier molecular flexibility index (Phi) is 10.8. The maximum absolute atomic E-state index is 12.1. The topological polar surface area (TPSA) is 109 Å². The normalized spacial score (nSPS) is 12.6. The lowest BCUT2D eigenvalue weighted by atomic mass is 10.4. The Morgan fingerprint density at radius 3 is 0.927 bits per heavy atom. The van der Waals surface area contributed by atoms with Gasteiger partial charge < -0.3 is 4.48 Å². The molecule has 7 nitrogen and oxygen atoms in total. The van der Waals surface area contributed by atoms with Crippen molar-refractivity contribution in [3.8, 4) is 0 Å². The van der Waals surface area contributed by atoms with Crippen LogP contribution in [0.4, 0.5) is 0 Å². The number of hydrogen-bond donors (Lipinski definition) is 2. The molecule has 0 fully saturated rings. The van der Waals surface area contributed by atoms with Crippen molar-refractivity contribution >= 4 is 57.3 Å². The summed E-state index contributed by atoms with van der Waals surface area (Å²) < 4.78 is 68.3. The van der Waals surface area contributed by atoms with Crippen LogP contribution in [0.25, 0.3) is 0 Å². The fourth-order valence-electron chi connectivity index (χ4n) is 4.71. The highest BCUT2D eigenvalue weighted by molar-refractivity contribution is 7.86. The van der Waals surface area contributed by atoms with Gasteiger partial charge in [-0.05, 0) is 21.2 Å². The Labute approximate surface area is 245 Å². The lowest BCUT2D eigenvalue weighted by Crippen LogP contribution is -2.55. The summed E-state index contributed by atoms with van der Waals surface area (Å²) in [4.78, 5) is 0. The maximum Gasteiger partial charge on any atom is 0.270 e. The Hall–Kier alpha value is -2.48. The molecule has 0 spiro atoms. The van der Waals surface area contributed by atoms with Crippen LogP contribution >= 0.6 is 15.8 Å². The minimum atomic E-state index is -4.35. The van der Waals surface area contributed by atoms with Crippen LogP contribution < -0.4 is 21.2 Å². The van der Waals surface area contributed by atoms with Crippen LogP contribution in [0.3, 0.4) is 0 Å². The number of rotatable bonds is 14. The molecule has 0 aliphatic heterocycles. The van der Waals surface area contributed by atoms with Crippen LogP contribution in [0, 0.1) is 0 Å². The van der Waals surface area contributed by atoms with Gasteiger partial charge in [0.15, 0.2) is 0 Å². The van der Waals surface area contributed by atoms with E-state index in [1.807, 2.05) is 121 Å². The van der Waals surface area contributed by atoms with Crippen LogP contribution in [0.1, 0.15) is 0 Å². The van der Waals surface area contributed by atoms with E-state index in [9.17, 15) is 25.9 Å². The van der Waals surface area contributed by atoms with E-state index in [1.165, 1.54) is 0 Å². The minimum Gasteiger partial charge on any atom is -0.314 e. The first-order valence-electron chi connectivity index (χ1n) is 13.0. The van der Waals surface area contributed by atoms with Gasteiger partial charge in [0.2, 0.25) is 0 Å². The highest BCUT2D eigenvalue weighted by Gasteiger charge is 2.38. The third-order valence-electron chi connectivity index (χ3n) is 6.80. The molecule has 4 rings (SSSR count). The lowest BCUT2D eigenvalue weighted by Gasteiger charge is -2.43. The number of nitrogens with zero attached hydrogens (tertiary/aromatic N) is 1. The van der Waals surface area contributed by atoms with Crippen molar-refractivity contribution in [3.63, 3.8) is 0 Å². The fourth-order valence-corrected chi connectivity index (χ4v) is 11.5. The zero-order chi connectivity index (χ0) is 29.3. The Balaban J connectivity index is 1.89. The van der Waals surface area contributed by atoms with E-state index in [0.717, 1.165) is 21.2 Å². The van der Waals surface area contributed by atoms with Crippen molar-refractivity contribution in [2.75, 3.05) is 37.2 Å². The Bertz CT molecular complexity index is 1390. The summed E-state index contributed by atoms with van der Waals surface area (Å²) in [7, 11) is -10.9. The fraction of sp³-hybridized carbons (Fsp3) is 0.200. The number of hydrogen-bond acceptors (Lipinski definition) is 4. The van der Waals surface area contributed by atoms with Gasteiger partial charge in [0.25, 0.3) is 20.2 Å². The molecule has 41 heavy (non-hydrogen) atoms. The largest absolute Gasteiger partial charge is 0.314 e. The molecule has 0 aliphatic rings. The standard InChI is InChI=1S/C30H33NO6P2S2/c32-40(33,34)23-21-31(22-24-41(35,36)37,25-38(27-13-5-1-6-14-27)28-15-7-2-8-16-28)26-39(29-17-9-3-10-18-29)30-19-11-4-12-20-30/h1-20H,21-26H2,(H-,32,33,34,35,36,37)/p+1. The third kappa shape index (κ3) is 9.79. The van der Waals surface area contributed by atoms with Crippen molar-refractivity contribution in [1.82, 2.24) is 0 Å². The van der Waals surface area contributed by atoms with Crippen LogP contribution in [-0.2, 0) is 20.2 Å². The average Bonchev–Trinajstić information content (AvgIpc) is 2.97. The minimum absolute atomic E-state index is 0.00858. The molecule has 2 N–H and O–H groups in total. The SMILES string of the molecule is O=S(=O)(O)CC[N+](CCS(=O)(=O)O)(CP(c1ccccc1)c1ccccc1)CP(c1ccccc1)c1ccccc1. The van der Waals surface area contributed by atoms with Gasteiger partial charge in [-0.1, -0.05) is 121 Å². The second-order valence-electron chi connectivity index (χ2n) is 9.84. The van der Waals surface area contributed by atoms with Crippen LogP contribution in [-0.4, -0.2) is 67.6 Å². The predicted octanol–water partition coefficient (Wildman–Crippen LogP) is 3.76. The zero-order valence-corrected chi connectivity index (χ0v) is 25.9. The van der Waals surface area contributed by atoms with Gasteiger partial charge in [-0.3, -0.25) is 9.11 Å². The summed E-state index contributed by atoms with van der Waals surface area (Å²) in [5.74, 6) is -1.06. The van der Waals surface area contributed by atoms with E-state index in [1.54, 1.807) is 0 Å². The van der Waals surface area contributed by atoms with Gasteiger partial charge in [-0.15, -0.1) is 0 Å². The van der Waals surface area contributed by atoms with E-state index < -0.39 is 47.6 Å². The third-order valence-corrected chi connectivity index (χ3v) is 13.7. The summed E-state index contributed by atoms with van der Waals surface area (Å²) in [5.41, 5.74) is 0. The predicted molar refractivity (Wildman–Crippen MR) is 171 cm³/mol. The van der Waals surface area contributed by atoms with E-state index in [0.29, 0.717) is 12.6 Å². The molecule has 0 saturated heterocycles. The van der Waals surface area contributed by atoms with Crippen LogP contribution in [0.5, 0.6) is 0 Å². The highest BCUT2D eigenvalue weighted by Crippen LogP contribution is 2.43. The lowest BCUT2D eigenvalue weighted by molar-refractivity contribution is -0.901. The van der Waals surface area contributed by atoms with E-state index >= 15 is 0 Å². The van der Waals surface area contributed by atoms with Gasteiger partial charge in [0.1, 0.15) is 24.1 Å².